The van der Waals surface area contributed by atoms with Crippen molar-refractivity contribution in [3.05, 3.63) is 149 Å². The number of aromatic nitrogens is 1. The first-order chi connectivity index (χ1) is 23.8. The molecule has 0 atom stereocenters. The number of anilines is 1. The summed E-state index contributed by atoms with van der Waals surface area (Å²) < 4.78 is 20.3. The van der Waals surface area contributed by atoms with E-state index in [1.807, 2.05) is 50.2 Å². The summed E-state index contributed by atoms with van der Waals surface area (Å²) in [6.07, 6.45) is 1.62. The summed E-state index contributed by atoms with van der Waals surface area (Å²) in [5.74, 6) is 0.321. The zero-order valence-corrected chi connectivity index (χ0v) is 28.5. The molecule has 0 saturated heterocycles. The van der Waals surface area contributed by atoms with E-state index < -0.39 is 8.24 Å². The zero-order chi connectivity index (χ0) is 33.6. The lowest BCUT2D eigenvalue weighted by molar-refractivity contribution is 0.102. The lowest BCUT2D eigenvalue weighted by atomic mass is 9.91. The summed E-state index contributed by atoms with van der Waals surface area (Å²) in [4.78, 5) is 17.6. The predicted octanol–water partition coefficient (Wildman–Crippen LogP) is 12.0. The maximum absolute atomic E-state index is 13.4. The van der Waals surface area contributed by atoms with E-state index in [1.54, 1.807) is 24.4 Å². The van der Waals surface area contributed by atoms with Gasteiger partial charge < -0.3 is 18.2 Å². The number of nitrogens with one attached hydrogen (secondary N) is 1. The van der Waals surface area contributed by atoms with E-state index >= 15 is 0 Å². The van der Waals surface area contributed by atoms with Crippen molar-refractivity contribution in [3.63, 3.8) is 0 Å². The van der Waals surface area contributed by atoms with Gasteiger partial charge >= 0.3 is 8.24 Å². The first kappa shape index (κ1) is 30.5. The smallest absolute Gasteiger partial charge is 0.390 e. The van der Waals surface area contributed by atoms with Gasteiger partial charge in [-0.15, -0.1) is 0 Å². The third-order valence-electron chi connectivity index (χ3n) is 8.87. The lowest BCUT2D eigenvalue weighted by Crippen LogP contribution is -2.14. The minimum Gasteiger partial charge on any atom is -0.390 e. The first-order valence-electron chi connectivity index (χ1n) is 16.2. The number of hydrogen-bond acceptors (Lipinski definition) is 5. The van der Waals surface area contributed by atoms with Crippen LogP contribution in [0.4, 0.5) is 5.69 Å². The van der Waals surface area contributed by atoms with Crippen LogP contribution in [0.5, 0.6) is 5.75 Å². The number of aryl methyl sites for hydroxylation is 4. The number of pyridine rings is 1. The Balaban J connectivity index is 1.36. The largest absolute Gasteiger partial charge is 0.453 e. The Morgan fingerprint density at radius 3 is 1.84 bits per heavy atom. The lowest BCUT2D eigenvalue weighted by Gasteiger charge is -2.20. The van der Waals surface area contributed by atoms with E-state index in [4.69, 9.17) is 12.9 Å². The number of benzene rings is 6. The van der Waals surface area contributed by atoms with Gasteiger partial charge in [-0.2, -0.15) is 0 Å². The molecule has 0 aliphatic heterocycles. The average molecular weight is 661 g/mol. The predicted molar refractivity (Wildman–Crippen MR) is 200 cm³/mol. The molecule has 49 heavy (non-hydrogen) atoms. The molecule has 0 aliphatic carbocycles. The highest BCUT2D eigenvalue weighted by molar-refractivity contribution is 7.32. The molecule has 0 spiro atoms. The maximum Gasteiger partial charge on any atom is 0.453 e. The summed E-state index contributed by atoms with van der Waals surface area (Å²) >= 11 is 0. The standard InChI is InChI=1S/C42H33N2O4P/c1-25-21-27(3)38(34(23-25)44-42(45)33-15-9-10-20-43-33)39-28(4)22-26(2)24-37(39)48-49-46-35-18-16-29-11-5-7-13-31(29)40(35)41-32-14-8-6-12-30(32)17-19-36(41)47-49/h5-24H,1-4H3,(H,44,45). The number of fused-ring (bicyclic) bond motifs is 7. The van der Waals surface area contributed by atoms with Crippen LogP contribution in [0.3, 0.4) is 0 Å². The number of carbonyl (C=O) groups is 1. The molecule has 0 aliphatic rings. The Kier molecular flexibility index (Phi) is 7.66. The van der Waals surface area contributed by atoms with Crippen LogP contribution in [0, 0.1) is 27.7 Å². The van der Waals surface area contributed by atoms with Gasteiger partial charge in [0.25, 0.3) is 5.91 Å². The molecule has 8 aromatic rings. The van der Waals surface area contributed by atoms with E-state index in [1.165, 1.54) is 0 Å². The second-order valence-corrected chi connectivity index (χ2v) is 13.4. The number of rotatable bonds is 5. The Morgan fingerprint density at radius 2 is 1.22 bits per heavy atom. The van der Waals surface area contributed by atoms with Crippen LogP contribution in [0.1, 0.15) is 32.7 Å². The zero-order valence-electron chi connectivity index (χ0n) is 27.6. The van der Waals surface area contributed by atoms with Gasteiger partial charge in [0.2, 0.25) is 0 Å². The van der Waals surface area contributed by atoms with Crippen LogP contribution in [-0.4, -0.2) is 10.9 Å². The molecule has 0 bridgehead atoms. The first-order valence-corrected chi connectivity index (χ1v) is 17.3. The van der Waals surface area contributed by atoms with Gasteiger partial charge in [0.05, 0.1) is 0 Å². The van der Waals surface area contributed by atoms with Gasteiger partial charge in [-0.05, 0) is 108 Å². The fourth-order valence-electron chi connectivity index (χ4n) is 6.87. The highest BCUT2D eigenvalue weighted by atomic mass is 31.1. The molecular formula is C42H33N2O4P. The van der Waals surface area contributed by atoms with Crippen molar-refractivity contribution in [1.82, 2.24) is 4.98 Å². The third kappa shape index (κ3) is 5.60. The van der Waals surface area contributed by atoms with Crippen molar-refractivity contribution < 1.29 is 17.7 Å². The summed E-state index contributed by atoms with van der Waals surface area (Å²) in [5, 5.41) is 9.48. The maximum atomic E-state index is 13.4. The molecule has 0 fully saturated rings. The molecule has 1 N–H and O–H groups in total. The number of hydrogen-bond donors (Lipinski definition) is 1. The van der Waals surface area contributed by atoms with Gasteiger partial charge in [0, 0.05) is 33.8 Å². The average Bonchev–Trinajstić information content (AvgIpc) is 3.26. The van der Waals surface area contributed by atoms with Crippen molar-refractivity contribution in [1.29, 1.82) is 0 Å². The molecule has 8 rings (SSSR count). The highest BCUT2D eigenvalue weighted by Gasteiger charge is 2.22. The molecule has 7 heteroatoms. The second-order valence-electron chi connectivity index (χ2n) is 12.4. The van der Waals surface area contributed by atoms with Crippen molar-refractivity contribution in [3.8, 4) is 16.9 Å². The Bertz CT molecular complexity index is 2530. The van der Waals surface area contributed by atoms with E-state index in [0.29, 0.717) is 28.3 Å². The van der Waals surface area contributed by atoms with Crippen LogP contribution in [0.15, 0.2) is 130 Å². The molecule has 1 amide bonds. The number of carbonyl (C=O) groups excluding carboxylic acids is 1. The van der Waals surface area contributed by atoms with Gasteiger partial charge in [-0.25, -0.2) is 0 Å². The summed E-state index contributed by atoms with van der Waals surface area (Å²) in [6.45, 7) is 8.17. The van der Waals surface area contributed by atoms with Crippen molar-refractivity contribution in [2.24, 2.45) is 0 Å². The topological polar surface area (TPSA) is 77.5 Å². The van der Waals surface area contributed by atoms with E-state index in [2.05, 4.69) is 84.8 Å². The fraction of sp³-hybridized carbons (Fsp3) is 0.0952. The Hall–Kier alpha value is -5.84. The molecule has 2 aromatic heterocycles. The molecule has 0 unspecified atom stereocenters. The van der Waals surface area contributed by atoms with Gasteiger partial charge in [0.15, 0.2) is 0 Å². The monoisotopic (exact) mass is 660 g/mol. The summed E-state index contributed by atoms with van der Waals surface area (Å²) in [7, 11) is -1.97. The van der Waals surface area contributed by atoms with Crippen LogP contribution >= 0.6 is 8.24 Å². The molecule has 0 saturated carbocycles. The quantitative estimate of drug-likeness (QED) is 0.199. The van der Waals surface area contributed by atoms with Crippen LogP contribution < -0.4 is 9.84 Å². The van der Waals surface area contributed by atoms with E-state index in [0.717, 1.165) is 65.7 Å². The van der Waals surface area contributed by atoms with E-state index in [-0.39, 0.29) is 5.91 Å². The van der Waals surface area contributed by atoms with E-state index in [9.17, 15) is 4.79 Å². The minimum absolute atomic E-state index is 0.286. The summed E-state index contributed by atoms with van der Waals surface area (Å²) in [6, 6.07) is 38.4. The number of amides is 1. The number of nitrogens with zero attached hydrogens (tertiary/aromatic N) is 1. The van der Waals surface area contributed by atoms with Gasteiger partial charge in [-0.3, -0.25) is 9.78 Å². The SMILES string of the molecule is Cc1cc(C)c(-c2c(C)cc(C)cc2Op2oc3ccc4ccccc4c3c3c(ccc4ccccc43)o2)c(NC(=O)c2ccccn2)c1. The highest BCUT2D eigenvalue weighted by Crippen LogP contribution is 2.47. The minimum atomic E-state index is -1.97. The summed E-state index contributed by atoms with van der Waals surface area (Å²) in [5.41, 5.74) is 8.18. The Morgan fingerprint density at radius 1 is 0.653 bits per heavy atom. The third-order valence-corrected chi connectivity index (χ3v) is 9.91. The fourth-order valence-corrected chi connectivity index (χ4v) is 7.91. The Labute approximate surface area is 284 Å². The molecule has 2 heterocycles. The van der Waals surface area contributed by atoms with Crippen LogP contribution in [-0.2, 0) is 0 Å². The molecule has 0 radical (unpaired) electrons. The molecule has 6 nitrogen and oxygen atoms in total. The van der Waals surface area contributed by atoms with Crippen molar-refractivity contribution >= 4 is 63.3 Å². The molecule has 240 valence electrons. The van der Waals surface area contributed by atoms with Crippen LogP contribution in [0.25, 0.3) is 54.6 Å². The van der Waals surface area contributed by atoms with Crippen LogP contribution in [0.2, 0.25) is 0 Å². The van der Waals surface area contributed by atoms with Gasteiger partial charge in [-0.1, -0.05) is 78.9 Å². The second kappa shape index (κ2) is 12.3. The van der Waals surface area contributed by atoms with Crippen molar-refractivity contribution in [2.75, 3.05) is 5.32 Å². The van der Waals surface area contributed by atoms with Gasteiger partial charge in [0.1, 0.15) is 22.6 Å². The van der Waals surface area contributed by atoms with Crippen molar-refractivity contribution in [2.45, 2.75) is 27.7 Å². The normalized spacial score (nSPS) is 11.3. The molecule has 6 aromatic carbocycles. The molecular weight excluding hydrogens is 627 g/mol.